The van der Waals surface area contributed by atoms with Crippen LogP contribution in [0.4, 0.5) is 0 Å². The van der Waals surface area contributed by atoms with Crippen LogP contribution in [0.1, 0.15) is 65.6 Å². The highest BCUT2D eigenvalue weighted by atomic mass is 32.1. The fourth-order valence-electron chi connectivity index (χ4n) is 4.33. The lowest BCUT2D eigenvalue weighted by Crippen LogP contribution is -2.35. The van der Waals surface area contributed by atoms with E-state index in [0.717, 1.165) is 49.8 Å². The van der Waals surface area contributed by atoms with Gasteiger partial charge in [0.15, 0.2) is 0 Å². The van der Waals surface area contributed by atoms with Crippen molar-refractivity contribution in [1.82, 2.24) is 4.90 Å². The summed E-state index contributed by atoms with van der Waals surface area (Å²) in [6.07, 6.45) is 6.21. The lowest BCUT2D eigenvalue weighted by molar-refractivity contribution is -0.129. The van der Waals surface area contributed by atoms with Crippen LogP contribution in [0.3, 0.4) is 0 Å². The molecule has 1 aliphatic rings. The van der Waals surface area contributed by atoms with Gasteiger partial charge >= 0.3 is 5.97 Å². The van der Waals surface area contributed by atoms with Crippen molar-refractivity contribution in [3.05, 3.63) is 57.8 Å². The monoisotopic (exact) mass is 443 g/mol. The Morgan fingerprint density at radius 3 is 2.65 bits per heavy atom. The first-order chi connectivity index (χ1) is 14.9. The molecule has 3 rings (SSSR count). The molecule has 2 N–H and O–H groups in total. The molecule has 1 aromatic heterocycles. The number of aliphatic hydroxyl groups excluding tert-OH is 1. The summed E-state index contributed by atoms with van der Waals surface area (Å²) in [5, 5.41) is 19.7. The lowest BCUT2D eigenvalue weighted by atomic mass is 9.92. The van der Waals surface area contributed by atoms with E-state index >= 15 is 0 Å². The van der Waals surface area contributed by atoms with Crippen molar-refractivity contribution in [3.8, 4) is 0 Å². The van der Waals surface area contributed by atoms with E-state index in [1.165, 1.54) is 16.9 Å². The Balaban J connectivity index is 1.40. The molecule has 1 aliphatic heterocycles. The lowest BCUT2D eigenvalue weighted by Gasteiger charge is -2.27. The van der Waals surface area contributed by atoms with Crippen molar-refractivity contribution in [3.63, 3.8) is 0 Å². The van der Waals surface area contributed by atoms with Crippen molar-refractivity contribution in [1.29, 1.82) is 0 Å². The number of carboxylic acid groups (broad SMARTS) is 1. The van der Waals surface area contributed by atoms with Crippen LogP contribution in [-0.4, -0.2) is 45.7 Å². The molecule has 2 aromatic rings. The smallest absolute Gasteiger partial charge is 0.345 e. The van der Waals surface area contributed by atoms with E-state index in [1.54, 1.807) is 6.07 Å². The molecule has 1 aromatic carbocycles. The van der Waals surface area contributed by atoms with E-state index in [2.05, 4.69) is 19.1 Å². The van der Waals surface area contributed by atoms with Crippen molar-refractivity contribution >= 4 is 23.2 Å². The third kappa shape index (κ3) is 6.91. The first kappa shape index (κ1) is 23.5. The van der Waals surface area contributed by atoms with E-state index in [-0.39, 0.29) is 24.0 Å². The molecule has 1 amide bonds. The molecule has 0 radical (unpaired) electrons. The van der Waals surface area contributed by atoms with E-state index in [9.17, 15) is 14.7 Å². The third-order valence-corrected chi connectivity index (χ3v) is 7.46. The van der Waals surface area contributed by atoms with Crippen molar-refractivity contribution in [2.24, 2.45) is 5.92 Å². The Morgan fingerprint density at radius 2 is 1.94 bits per heavy atom. The van der Waals surface area contributed by atoms with E-state index in [1.807, 2.05) is 29.2 Å². The van der Waals surface area contributed by atoms with Crippen LogP contribution < -0.4 is 0 Å². The van der Waals surface area contributed by atoms with Crippen LogP contribution in [0.2, 0.25) is 0 Å². The number of likely N-dealkylation sites (tertiary alicyclic amines) is 1. The third-order valence-electron chi connectivity index (χ3n) is 6.33. The van der Waals surface area contributed by atoms with Crippen LogP contribution in [0.25, 0.3) is 0 Å². The summed E-state index contributed by atoms with van der Waals surface area (Å²) in [5.41, 5.74) is 1.30. The molecule has 1 saturated heterocycles. The van der Waals surface area contributed by atoms with Gasteiger partial charge in [0, 0.05) is 23.9 Å². The van der Waals surface area contributed by atoms with Crippen LogP contribution in [0, 0.1) is 5.92 Å². The molecule has 31 heavy (non-hydrogen) atoms. The molecule has 0 saturated carbocycles. The minimum Gasteiger partial charge on any atom is -0.477 e. The van der Waals surface area contributed by atoms with Crippen molar-refractivity contribution < 1.29 is 19.8 Å². The highest BCUT2D eigenvalue weighted by molar-refractivity contribution is 7.13. The van der Waals surface area contributed by atoms with Crippen molar-refractivity contribution in [2.75, 3.05) is 6.54 Å². The number of nitrogens with zero attached hydrogens (tertiary/aromatic N) is 1. The number of aromatic carboxylic acids is 1. The molecule has 2 heterocycles. The Labute approximate surface area is 188 Å². The van der Waals surface area contributed by atoms with Gasteiger partial charge < -0.3 is 15.1 Å². The second-order valence-electron chi connectivity index (χ2n) is 8.60. The maximum Gasteiger partial charge on any atom is 0.345 e. The predicted octanol–water partition coefficient (Wildman–Crippen LogP) is 4.78. The number of aliphatic hydroxyl groups is 1. The molecule has 3 atom stereocenters. The first-order valence-corrected chi connectivity index (χ1v) is 12.1. The Bertz CT molecular complexity index is 850. The number of carbonyl (C=O) groups is 2. The minimum atomic E-state index is -0.886. The van der Waals surface area contributed by atoms with Gasteiger partial charge in [-0.15, -0.1) is 11.3 Å². The molecule has 0 spiro atoms. The summed E-state index contributed by atoms with van der Waals surface area (Å²) in [7, 11) is 0. The number of amides is 1. The average molecular weight is 444 g/mol. The average Bonchev–Trinajstić information content (AvgIpc) is 3.38. The van der Waals surface area contributed by atoms with Gasteiger partial charge in [0.25, 0.3) is 0 Å². The summed E-state index contributed by atoms with van der Waals surface area (Å²) in [6, 6.07) is 14.1. The first-order valence-electron chi connectivity index (χ1n) is 11.3. The standard InChI is InChI=1S/C25H33NO4S/c1-18(9-10-19-6-3-2-4-7-19)22(27)14-11-20-12-16-24(28)26(20)17-5-8-21-13-15-23(31-21)25(29)30/h2-4,6-7,13,15,18,20,22,27H,5,8-12,14,16-17H2,1H3,(H,29,30)/t18-,20-,22+/m0/s1. The van der Waals surface area contributed by atoms with Gasteiger partial charge in [-0.3, -0.25) is 4.79 Å². The van der Waals surface area contributed by atoms with Gasteiger partial charge in [-0.25, -0.2) is 4.79 Å². The number of benzene rings is 1. The van der Waals surface area contributed by atoms with Crippen LogP contribution >= 0.6 is 11.3 Å². The SMILES string of the molecule is C[C@@H](CCc1ccccc1)[C@H](O)CC[C@H]1CCC(=O)N1CCCc1ccc(C(=O)O)s1. The Kier molecular flexibility index (Phi) is 8.67. The number of carboxylic acids is 1. The molecule has 168 valence electrons. The predicted molar refractivity (Wildman–Crippen MR) is 124 cm³/mol. The van der Waals surface area contributed by atoms with Crippen molar-refractivity contribution in [2.45, 2.75) is 70.4 Å². The number of hydrogen-bond acceptors (Lipinski definition) is 4. The minimum absolute atomic E-state index is 0.203. The number of carbonyl (C=O) groups excluding carboxylic acids is 1. The molecule has 0 bridgehead atoms. The molecule has 0 aliphatic carbocycles. The van der Waals surface area contributed by atoms with Crippen LogP contribution in [-0.2, 0) is 17.6 Å². The number of thiophene rings is 1. The molecule has 5 nitrogen and oxygen atoms in total. The maximum absolute atomic E-state index is 12.3. The van der Waals surface area contributed by atoms with Gasteiger partial charge in [-0.05, 0) is 68.6 Å². The normalized spacial score (nSPS) is 18.3. The zero-order valence-corrected chi connectivity index (χ0v) is 19.0. The van der Waals surface area contributed by atoms with Gasteiger partial charge in [0.1, 0.15) is 4.88 Å². The second kappa shape index (κ2) is 11.4. The summed E-state index contributed by atoms with van der Waals surface area (Å²) in [6.45, 7) is 2.81. The number of aryl methyl sites for hydroxylation is 2. The summed E-state index contributed by atoms with van der Waals surface area (Å²) in [5.74, 6) is -0.454. The number of hydrogen-bond donors (Lipinski definition) is 2. The largest absolute Gasteiger partial charge is 0.477 e. The molecular formula is C25H33NO4S. The van der Waals surface area contributed by atoms with Crippen LogP contribution in [0.5, 0.6) is 0 Å². The van der Waals surface area contributed by atoms with E-state index in [4.69, 9.17) is 5.11 Å². The molecule has 0 unspecified atom stereocenters. The van der Waals surface area contributed by atoms with Gasteiger partial charge in [0.05, 0.1) is 6.10 Å². The van der Waals surface area contributed by atoms with E-state index < -0.39 is 5.97 Å². The summed E-state index contributed by atoms with van der Waals surface area (Å²) in [4.78, 5) is 26.7. The highest BCUT2D eigenvalue weighted by Crippen LogP contribution is 2.26. The fourth-order valence-corrected chi connectivity index (χ4v) is 5.22. The van der Waals surface area contributed by atoms with Gasteiger partial charge in [-0.1, -0.05) is 37.3 Å². The molecule has 1 fully saturated rings. The van der Waals surface area contributed by atoms with Crippen LogP contribution in [0.15, 0.2) is 42.5 Å². The summed E-state index contributed by atoms with van der Waals surface area (Å²) < 4.78 is 0. The second-order valence-corrected chi connectivity index (χ2v) is 9.77. The van der Waals surface area contributed by atoms with Gasteiger partial charge in [-0.2, -0.15) is 0 Å². The Hall–Kier alpha value is -2.18. The van der Waals surface area contributed by atoms with Gasteiger partial charge in [0.2, 0.25) is 5.91 Å². The summed E-state index contributed by atoms with van der Waals surface area (Å²) >= 11 is 1.31. The zero-order chi connectivity index (χ0) is 22.2. The topological polar surface area (TPSA) is 77.8 Å². The van der Waals surface area contributed by atoms with E-state index in [0.29, 0.717) is 17.8 Å². The maximum atomic E-state index is 12.3. The Morgan fingerprint density at radius 1 is 1.16 bits per heavy atom. The fraction of sp³-hybridized carbons (Fsp3) is 0.520. The molecular weight excluding hydrogens is 410 g/mol. The molecule has 6 heteroatoms. The highest BCUT2D eigenvalue weighted by Gasteiger charge is 2.31. The quantitative estimate of drug-likeness (QED) is 0.495. The zero-order valence-electron chi connectivity index (χ0n) is 18.2. The number of rotatable bonds is 12.